The Hall–Kier alpha value is -7.89. The number of fused-ring (bicyclic) bond motifs is 10. The zero-order valence-electron chi connectivity index (χ0n) is 53.2. The van der Waals surface area contributed by atoms with Crippen LogP contribution in [0.2, 0.25) is 0 Å². The summed E-state index contributed by atoms with van der Waals surface area (Å²) < 4.78 is 91.7. The first kappa shape index (κ1) is 38.7. The smallest absolute Gasteiger partial charge is 0.137 e. The van der Waals surface area contributed by atoms with Crippen LogP contribution in [-0.2, 0) is 28.3 Å². The molecule has 3 aromatic heterocycles. The van der Waals surface area contributed by atoms with Crippen molar-refractivity contribution in [2.45, 2.75) is 111 Å². The van der Waals surface area contributed by atoms with Gasteiger partial charge in [-0.25, -0.2) is 4.98 Å². The highest BCUT2D eigenvalue weighted by Crippen LogP contribution is 2.47. The Bertz CT molecular complexity index is 4510. The van der Waals surface area contributed by atoms with Crippen LogP contribution in [0.4, 0.5) is 11.4 Å². The minimum Gasteiger partial charge on any atom is -0.457 e. The number of rotatable bonds is 5. The maximum atomic E-state index is 8.91. The van der Waals surface area contributed by atoms with Gasteiger partial charge in [-0.15, -0.1) is 0 Å². The monoisotopic (exact) mass is 990 g/mol. The molecule has 0 bridgehead atoms. The quantitative estimate of drug-likeness (QED) is 0.172. The zero-order valence-corrected chi connectivity index (χ0v) is 44.2. The highest BCUT2D eigenvalue weighted by atomic mass is 16.5. The van der Waals surface area contributed by atoms with Crippen LogP contribution in [0.1, 0.15) is 117 Å². The van der Waals surface area contributed by atoms with E-state index in [0.29, 0.717) is 34.9 Å². The number of anilines is 2. The third kappa shape index (κ3) is 8.38. The van der Waals surface area contributed by atoms with Crippen molar-refractivity contribution in [3.05, 3.63) is 204 Å². The van der Waals surface area contributed by atoms with E-state index in [0.717, 1.165) is 87.9 Å². The minimum atomic E-state index is -3.48. The maximum Gasteiger partial charge on any atom is 0.137 e. The van der Waals surface area contributed by atoms with Crippen molar-refractivity contribution in [3.63, 3.8) is 0 Å². The average molecular weight is 990 g/mol. The molecule has 8 aromatic carbocycles. The SMILES string of the molecule is [2H]C([2H])([2H])C(c1cc(-c2cc(C(C)(C)C)cc3c4ccccc4c4ccccc4c4cccc5c4n(c23)CN5c2cccc(Oc3ccc4c5ccccc5n(-c5cc(C(C)(C)C)ccn5)c4c3)c2)cc(C(C)(C)C)c1)(C([2H])([2H])[2H])C([2H])([2H])[2H]. The van der Waals surface area contributed by atoms with Crippen molar-refractivity contribution < 1.29 is 17.1 Å². The first-order valence-corrected chi connectivity index (χ1v) is 26.0. The molecule has 374 valence electrons. The first-order chi connectivity index (χ1) is 39.5. The summed E-state index contributed by atoms with van der Waals surface area (Å²) in [5.74, 6) is 2.11. The van der Waals surface area contributed by atoms with Gasteiger partial charge in [0.05, 0.1) is 27.8 Å². The molecule has 0 saturated heterocycles. The lowest BCUT2D eigenvalue weighted by Crippen LogP contribution is -2.17. The van der Waals surface area contributed by atoms with Crippen molar-refractivity contribution in [2.24, 2.45) is 0 Å². The van der Waals surface area contributed by atoms with Gasteiger partial charge in [-0.2, -0.15) is 0 Å². The van der Waals surface area contributed by atoms with E-state index < -0.39 is 36.8 Å². The van der Waals surface area contributed by atoms with Crippen molar-refractivity contribution in [1.29, 1.82) is 0 Å². The van der Waals surface area contributed by atoms with Crippen molar-refractivity contribution in [3.8, 4) is 28.4 Å². The number of ether oxygens (including phenoxy) is 1. The molecule has 11 aromatic rings. The molecule has 0 N–H and O–H groups in total. The van der Waals surface area contributed by atoms with E-state index >= 15 is 0 Å². The van der Waals surface area contributed by atoms with Gasteiger partial charge in [-0.05, 0) is 132 Å². The first-order valence-electron chi connectivity index (χ1n) is 30.5. The molecule has 0 aliphatic carbocycles. The van der Waals surface area contributed by atoms with Gasteiger partial charge in [-0.1, -0.05) is 186 Å². The van der Waals surface area contributed by atoms with E-state index in [4.69, 9.17) is 22.1 Å². The summed E-state index contributed by atoms with van der Waals surface area (Å²) >= 11 is 0. The lowest BCUT2D eigenvalue weighted by Gasteiger charge is -2.28. The summed E-state index contributed by atoms with van der Waals surface area (Å²) in [6.45, 7) is 8.82. The molecule has 12 rings (SSSR count). The lowest BCUT2D eigenvalue weighted by atomic mass is 9.78. The van der Waals surface area contributed by atoms with Crippen LogP contribution in [0.15, 0.2) is 182 Å². The van der Waals surface area contributed by atoms with Gasteiger partial charge in [0.15, 0.2) is 0 Å². The van der Waals surface area contributed by atoms with Gasteiger partial charge in [0, 0.05) is 63.5 Å². The highest BCUT2D eigenvalue weighted by molar-refractivity contribution is 6.22. The Morgan fingerprint density at radius 1 is 0.440 bits per heavy atom. The van der Waals surface area contributed by atoms with E-state index in [9.17, 15) is 0 Å². The molecule has 0 atom stereocenters. The van der Waals surface area contributed by atoms with Crippen LogP contribution in [0, 0.1) is 0 Å². The van der Waals surface area contributed by atoms with E-state index in [1.165, 1.54) is 17.7 Å². The molecule has 0 amide bonds. The van der Waals surface area contributed by atoms with Gasteiger partial charge < -0.3 is 14.2 Å². The average Bonchev–Trinajstić information content (AvgIpc) is 0.880. The van der Waals surface area contributed by atoms with Crippen molar-refractivity contribution in [2.75, 3.05) is 4.90 Å². The molecule has 0 radical (unpaired) electrons. The number of hydrogen-bond acceptors (Lipinski definition) is 3. The van der Waals surface area contributed by atoms with Gasteiger partial charge in [0.1, 0.15) is 24.0 Å². The lowest BCUT2D eigenvalue weighted by molar-refractivity contribution is 0.483. The summed E-state index contributed by atoms with van der Waals surface area (Å²) in [5.41, 5.74) is 4.70. The molecular formula is C70H68N4O. The van der Waals surface area contributed by atoms with Crippen molar-refractivity contribution >= 4 is 76.5 Å². The summed E-state index contributed by atoms with van der Waals surface area (Å²) in [6, 6.07) is 59.6. The number of pyridine rings is 1. The summed E-state index contributed by atoms with van der Waals surface area (Å²) in [5, 5.41) is 8.10. The standard InChI is InChI=1S/C70H68N4O/c1-67(2,3)45-33-34-71-64(40-45)74-61-29-18-17-27-56(61)57-32-31-51(42-63(57)74)75-50-22-19-21-49(41-50)72-43-73-65-59(44-35-46(68(4,5)6)37-47(36-44)69(7,8)9)38-48(70(10,11)12)39-60(65)55-26-16-14-24-53(55)52-23-13-15-25-54(52)58-28-20-30-62(72)66(58)73/h13-42H,43H2,1-12H3/i4D3,5D3,6D3. The van der Waals surface area contributed by atoms with Crippen LogP contribution >= 0.6 is 0 Å². The Balaban J connectivity index is 1.12. The molecule has 1 aliphatic rings. The number of hydrogen-bond donors (Lipinski definition) is 0. The predicted molar refractivity (Wildman–Crippen MR) is 320 cm³/mol. The molecular weight excluding hydrogens is 913 g/mol. The Labute approximate surface area is 455 Å². The molecule has 0 fully saturated rings. The maximum absolute atomic E-state index is 8.91. The van der Waals surface area contributed by atoms with Crippen molar-refractivity contribution in [1.82, 2.24) is 14.1 Å². The predicted octanol–water partition coefficient (Wildman–Crippen LogP) is 19.5. The van der Waals surface area contributed by atoms with Crippen LogP contribution in [0.5, 0.6) is 11.5 Å². The summed E-state index contributed by atoms with van der Waals surface area (Å²) in [7, 11) is 0. The number of aromatic nitrogens is 3. The van der Waals surface area contributed by atoms with Gasteiger partial charge in [0.2, 0.25) is 0 Å². The fraction of sp³-hybridized carbons (Fsp3) is 0.243. The molecule has 0 unspecified atom stereocenters. The Morgan fingerprint density at radius 2 is 1.01 bits per heavy atom. The van der Waals surface area contributed by atoms with E-state index in [1.807, 2.05) is 57.3 Å². The molecule has 4 heterocycles. The third-order valence-electron chi connectivity index (χ3n) is 15.2. The van der Waals surface area contributed by atoms with E-state index in [1.54, 1.807) is 0 Å². The van der Waals surface area contributed by atoms with Gasteiger partial charge in [0.25, 0.3) is 0 Å². The molecule has 1 aliphatic heterocycles. The molecule has 0 spiro atoms. The fourth-order valence-corrected chi connectivity index (χ4v) is 11.2. The van der Waals surface area contributed by atoms with Crippen LogP contribution < -0.4 is 9.64 Å². The Morgan fingerprint density at radius 3 is 1.69 bits per heavy atom. The van der Waals surface area contributed by atoms with E-state index in [2.05, 4.69) is 189 Å². The summed E-state index contributed by atoms with van der Waals surface area (Å²) in [6.07, 6.45) is 1.88. The van der Waals surface area contributed by atoms with Gasteiger partial charge >= 0.3 is 0 Å². The minimum absolute atomic E-state index is 0.0817. The largest absolute Gasteiger partial charge is 0.457 e. The number of nitrogens with zero attached hydrogens (tertiary/aromatic N) is 4. The van der Waals surface area contributed by atoms with Crippen LogP contribution in [-0.4, -0.2) is 14.1 Å². The van der Waals surface area contributed by atoms with E-state index in [-0.39, 0.29) is 11.0 Å². The molecule has 75 heavy (non-hydrogen) atoms. The molecule has 5 nitrogen and oxygen atoms in total. The van der Waals surface area contributed by atoms with Gasteiger partial charge in [-0.3, -0.25) is 4.57 Å². The normalized spacial score (nSPS) is 15.5. The second-order valence-corrected chi connectivity index (χ2v) is 23.5. The van der Waals surface area contributed by atoms with Crippen LogP contribution in [0.25, 0.3) is 82.1 Å². The fourth-order valence-electron chi connectivity index (χ4n) is 11.2. The zero-order chi connectivity index (χ0) is 59.8. The molecule has 0 saturated carbocycles. The number of para-hydroxylation sites is 2. The number of benzene rings is 8. The highest BCUT2D eigenvalue weighted by Gasteiger charge is 2.29. The molecule has 5 heteroatoms. The topological polar surface area (TPSA) is 35.2 Å². The summed E-state index contributed by atoms with van der Waals surface area (Å²) in [4.78, 5) is 7.18. The second kappa shape index (κ2) is 17.3. The third-order valence-corrected chi connectivity index (χ3v) is 15.2. The van der Waals surface area contributed by atoms with Crippen LogP contribution in [0.3, 0.4) is 0 Å². The second-order valence-electron chi connectivity index (χ2n) is 23.5. The Kier molecular flexibility index (Phi) is 8.94.